The van der Waals surface area contributed by atoms with Crippen molar-refractivity contribution in [3.8, 4) is 0 Å². The molecule has 0 radical (unpaired) electrons. The van der Waals surface area contributed by atoms with E-state index in [2.05, 4.69) is 22.0 Å². The van der Waals surface area contributed by atoms with E-state index in [-0.39, 0.29) is 5.25 Å². The van der Waals surface area contributed by atoms with E-state index in [1.807, 2.05) is 13.8 Å². The Labute approximate surface area is 148 Å². The fraction of sp³-hybridized carbons (Fsp3) is 0.500. The van der Waals surface area contributed by atoms with Crippen LogP contribution in [0.5, 0.6) is 0 Å². The highest BCUT2D eigenvalue weighted by molar-refractivity contribution is 7.99. The van der Waals surface area contributed by atoms with Gasteiger partial charge in [0.25, 0.3) is 0 Å². The Morgan fingerprint density at radius 3 is 2.92 bits per heavy atom. The Morgan fingerprint density at radius 1 is 1.33 bits per heavy atom. The summed E-state index contributed by atoms with van der Waals surface area (Å²) >= 11 is 3.26. The topological polar surface area (TPSA) is 90.7 Å². The number of thiophene rings is 1. The van der Waals surface area contributed by atoms with Crippen molar-refractivity contribution in [1.82, 2.24) is 20.1 Å². The molecule has 6 nitrogen and oxygen atoms in total. The average Bonchev–Trinajstić information content (AvgIpc) is 3.10. The second-order valence-corrected chi connectivity index (χ2v) is 8.75. The monoisotopic (exact) mass is 361 g/mol. The standard InChI is InChI=1S/C16H19N5OS2/c1-7-4-5-10-11(6-7)24-15-12(10)13(17)19-16(20-15)23-8(2)14-18-9(3)21-22-14/h7-8H,4-6H2,1-3H3,(H2,17,19,20)/t7-,8+/m1/s1. The molecule has 0 saturated heterocycles. The molecule has 2 N–H and O–H groups in total. The van der Waals surface area contributed by atoms with Gasteiger partial charge in [0, 0.05) is 4.88 Å². The maximum atomic E-state index is 6.27. The second kappa shape index (κ2) is 6.00. The van der Waals surface area contributed by atoms with Gasteiger partial charge in [-0.2, -0.15) is 4.98 Å². The number of nitrogens with two attached hydrogens (primary N) is 1. The number of rotatable bonds is 3. The Bertz CT molecular complexity index is 903. The van der Waals surface area contributed by atoms with E-state index >= 15 is 0 Å². The molecule has 0 bridgehead atoms. The number of fused-ring (bicyclic) bond motifs is 3. The van der Waals surface area contributed by atoms with Crippen molar-refractivity contribution >= 4 is 39.1 Å². The number of hydrogen-bond acceptors (Lipinski definition) is 8. The first-order chi connectivity index (χ1) is 11.5. The summed E-state index contributed by atoms with van der Waals surface area (Å²) in [5.74, 6) is 2.53. The third kappa shape index (κ3) is 2.77. The summed E-state index contributed by atoms with van der Waals surface area (Å²) in [6.07, 6.45) is 3.41. The lowest BCUT2D eigenvalue weighted by Gasteiger charge is -2.17. The maximum Gasteiger partial charge on any atom is 0.239 e. The van der Waals surface area contributed by atoms with E-state index in [1.165, 1.54) is 28.6 Å². The molecule has 3 aromatic heterocycles. The first kappa shape index (κ1) is 15.8. The van der Waals surface area contributed by atoms with Crippen molar-refractivity contribution in [2.75, 3.05) is 5.73 Å². The highest BCUT2D eigenvalue weighted by atomic mass is 32.2. The van der Waals surface area contributed by atoms with Crippen molar-refractivity contribution < 1.29 is 4.52 Å². The molecule has 3 heterocycles. The van der Waals surface area contributed by atoms with E-state index in [0.29, 0.717) is 22.7 Å². The minimum Gasteiger partial charge on any atom is -0.383 e. The number of nitrogens with zero attached hydrogens (tertiary/aromatic N) is 4. The minimum atomic E-state index is -0.0161. The van der Waals surface area contributed by atoms with Crippen LogP contribution in [0.2, 0.25) is 0 Å². The van der Waals surface area contributed by atoms with E-state index in [0.717, 1.165) is 29.0 Å². The largest absolute Gasteiger partial charge is 0.383 e. The van der Waals surface area contributed by atoms with Crippen LogP contribution in [0, 0.1) is 12.8 Å². The molecule has 24 heavy (non-hydrogen) atoms. The van der Waals surface area contributed by atoms with Crippen LogP contribution < -0.4 is 5.73 Å². The third-order valence-corrected chi connectivity index (χ3v) is 6.43. The molecule has 4 rings (SSSR count). The summed E-state index contributed by atoms with van der Waals surface area (Å²) in [5, 5.41) is 5.54. The molecular formula is C16H19N5OS2. The summed E-state index contributed by atoms with van der Waals surface area (Å²) in [4.78, 5) is 16.0. The first-order valence-electron chi connectivity index (χ1n) is 8.06. The third-order valence-electron chi connectivity index (χ3n) is 4.34. The predicted molar refractivity (Wildman–Crippen MR) is 96.3 cm³/mol. The number of thioether (sulfide) groups is 1. The number of aromatic nitrogens is 4. The highest BCUT2D eigenvalue weighted by Gasteiger charge is 2.24. The van der Waals surface area contributed by atoms with Crippen molar-refractivity contribution in [3.05, 3.63) is 22.2 Å². The van der Waals surface area contributed by atoms with Crippen LogP contribution in [0.25, 0.3) is 10.2 Å². The van der Waals surface area contributed by atoms with Gasteiger partial charge in [-0.1, -0.05) is 23.8 Å². The van der Waals surface area contributed by atoms with Crippen molar-refractivity contribution in [3.63, 3.8) is 0 Å². The molecule has 0 saturated carbocycles. The SMILES string of the molecule is Cc1noc([C@H](C)Sc2nc(N)c3c4c(sc3n2)C[C@H](C)CC4)n1. The zero-order valence-electron chi connectivity index (χ0n) is 13.9. The van der Waals surface area contributed by atoms with Crippen LogP contribution in [-0.4, -0.2) is 20.1 Å². The van der Waals surface area contributed by atoms with Crippen molar-refractivity contribution in [2.24, 2.45) is 5.92 Å². The molecule has 0 aliphatic heterocycles. The lowest BCUT2D eigenvalue weighted by molar-refractivity contribution is 0.376. The summed E-state index contributed by atoms with van der Waals surface area (Å²) in [6, 6.07) is 0. The smallest absolute Gasteiger partial charge is 0.239 e. The van der Waals surface area contributed by atoms with Gasteiger partial charge >= 0.3 is 0 Å². The Morgan fingerprint density at radius 2 is 2.17 bits per heavy atom. The van der Waals surface area contributed by atoms with Crippen molar-refractivity contribution in [1.29, 1.82) is 0 Å². The van der Waals surface area contributed by atoms with Crippen LogP contribution in [0.15, 0.2) is 9.68 Å². The zero-order valence-corrected chi connectivity index (χ0v) is 15.5. The Balaban J connectivity index is 1.68. The van der Waals surface area contributed by atoms with E-state index in [4.69, 9.17) is 15.2 Å². The van der Waals surface area contributed by atoms with Gasteiger partial charge in [0.1, 0.15) is 10.6 Å². The molecule has 0 amide bonds. The fourth-order valence-electron chi connectivity index (χ4n) is 3.09. The summed E-state index contributed by atoms with van der Waals surface area (Å²) in [6.45, 7) is 6.11. The van der Waals surface area contributed by atoms with Gasteiger partial charge in [-0.15, -0.1) is 11.3 Å². The zero-order chi connectivity index (χ0) is 16.8. The van der Waals surface area contributed by atoms with Gasteiger partial charge in [0.2, 0.25) is 5.89 Å². The van der Waals surface area contributed by atoms with E-state index in [1.54, 1.807) is 11.3 Å². The lowest BCUT2D eigenvalue weighted by atomic mass is 9.89. The Hall–Kier alpha value is -1.67. The van der Waals surface area contributed by atoms with Crippen LogP contribution in [-0.2, 0) is 12.8 Å². The number of aryl methyl sites for hydroxylation is 2. The van der Waals surface area contributed by atoms with E-state index < -0.39 is 0 Å². The summed E-state index contributed by atoms with van der Waals surface area (Å²) < 4.78 is 5.23. The van der Waals surface area contributed by atoms with Crippen molar-refractivity contribution in [2.45, 2.75) is 50.4 Å². The van der Waals surface area contributed by atoms with Gasteiger partial charge in [-0.25, -0.2) is 9.97 Å². The second-order valence-electron chi connectivity index (χ2n) is 6.36. The van der Waals surface area contributed by atoms with Crippen LogP contribution in [0.3, 0.4) is 0 Å². The van der Waals surface area contributed by atoms with Gasteiger partial charge in [-0.05, 0) is 44.6 Å². The molecule has 8 heteroatoms. The normalized spacial score (nSPS) is 18.7. The molecule has 1 aliphatic rings. The molecule has 126 valence electrons. The molecule has 0 spiro atoms. The number of anilines is 1. The fourth-order valence-corrected chi connectivity index (χ4v) is 5.35. The predicted octanol–water partition coefficient (Wildman–Crippen LogP) is 3.94. The van der Waals surface area contributed by atoms with Crippen LogP contribution in [0.4, 0.5) is 5.82 Å². The number of nitrogen functional groups attached to an aromatic ring is 1. The summed E-state index contributed by atoms with van der Waals surface area (Å²) in [5.41, 5.74) is 7.63. The Kier molecular flexibility index (Phi) is 3.96. The molecule has 0 fully saturated rings. The van der Waals surface area contributed by atoms with Gasteiger partial charge < -0.3 is 10.3 Å². The average molecular weight is 361 g/mol. The lowest BCUT2D eigenvalue weighted by Crippen LogP contribution is -2.09. The van der Waals surface area contributed by atoms with Crippen LogP contribution >= 0.6 is 23.1 Å². The van der Waals surface area contributed by atoms with Crippen LogP contribution in [0.1, 0.15) is 47.7 Å². The van der Waals surface area contributed by atoms with E-state index in [9.17, 15) is 0 Å². The molecule has 3 aromatic rings. The molecule has 2 atom stereocenters. The molecule has 0 unspecified atom stereocenters. The van der Waals surface area contributed by atoms with Gasteiger partial charge in [0.05, 0.1) is 10.6 Å². The minimum absolute atomic E-state index is 0.0161. The molecule has 1 aliphatic carbocycles. The van der Waals surface area contributed by atoms with Gasteiger partial charge in [-0.3, -0.25) is 0 Å². The first-order valence-corrected chi connectivity index (χ1v) is 9.75. The quantitative estimate of drug-likeness (QED) is 0.558. The van der Waals surface area contributed by atoms with Gasteiger partial charge in [0.15, 0.2) is 11.0 Å². The highest BCUT2D eigenvalue weighted by Crippen LogP contribution is 2.41. The molecular weight excluding hydrogens is 342 g/mol. The maximum absolute atomic E-state index is 6.27. The molecule has 0 aromatic carbocycles. The summed E-state index contributed by atoms with van der Waals surface area (Å²) in [7, 11) is 0. The number of hydrogen-bond donors (Lipinski definition) is 1.